The highest BCUT2D eigenvalue weighted by Crippen LogP contribution is 2.42. The summed E-state index contributed by atoms with van der Waals surface area (Å²) in [7, 11) is 0. The van der Waals surface area contributed by atoms with Gasteiger partial charge in [-0.15, -0.1) is 0 Å². The lowest BCUT2D eigenvalue weighted by Crippen LogP contribution is -2.23. The van der Waals surface area contributed by atoms with Gasteiger partial charge in [-0.1, -0.05) is 52.0 Å². The number of allylic oxidation sites excluding steroid dienone is 2. The summed E-state index contributed by atoms with van der Waals surface area (Å²) in [4.78, 5) is 4.78. The van der Waals surface area contributed by atoms with E-state index < -0.39 is 17.9 Å². The highest BCUT2D eigenvalue weighted by atomic mass is 19.1. The minimum absolute atomic E-state index is 0.0185. The van der Waals surface area contributed by atoms with E-state index in [1.807, 2.05) is 63.4 Å². The molecule has 1 aliphatic rings. The second-order valence-corrected chi connectivity index (χ2v) is 13.5. The van der Waals surface area contributed by atoms with Crippen LogP contribution in [0, 0.1) is 19.8 Å². The van der Waals surface area contributed by atoms with E-state index in [0.29, 0.717) is 29.2 Å². The van der Waals surface area contributed by atoms with Crippen molar-refractivity contribution in [1.29, 1.82) is 0 Å². The molecule has 0 amide bonds. The van der Waals surface area contributed by atoms with E-state index in [1.54, 1.807) is 10.8 Å². The number of hydrogen-bond donors (Lipinski definition) is 0. The minimum atomic E-state index is -1.29. The third-order valence-electron chi connectivity index (χ3n) is 9.14. The molecule has 3 heterocycles. The van der Waals surface area contributed by atoms with Crippen LogP contribution in [0.3, 0.4) is 0 Å². The summed E-state index contributed by atoms with van der Waals surface area (Å²) in [6.07, 6.45) is 2.42. The van der Waals surface area contributed by atoms with Crippen molar-refractivity contribution in [2.24, 2.45) is 5.92 Å². The number of ether oxygens (including phenoxy) is 1. The molecule has 0 spiro atoms. The van der Waals surface area contributed by atoms with E-state index in [-0.39, 0.29) is 11.3 Å². The van der Waals surface area contributed by atoms with Crippen LogP contribution in [-0.4, -0.2) is 25.5 Å². The Morgan fingerprint density at radius 2 is 1.63 bits per heavy atom. The van der Waals surface area contributed by atoms with Crippen LogP contribution in [0.5, 0.6) is 11.5 Å². The molecule has 234 valence electrons. The van der Waals surface area contributed by atoms with Crippen molar-refractivity contribution in [3.8, 4) is 23.0 Å². The monoisotopic (exact) mass is 616 g/mol. The summed E-state index contributed by atoms with van der Waals surface area (Å²) in [5, 5.41) is 6.97. The van der Waals surface area contributed by atoms with Gasteiger partial charge in [0.2, 0.25) is 0 Å². The number of alkyl halides is 1. The van der Waals surface area contributed by atoms with E-state index in [2.05, 4.69) is 67.8 Å². The molecule has 1 aliphatic carbocycles. The zero-order valence-corrected chi connectivity index (χ0v) is 27.1. The van der Waals surface area contributed by atoms with E-state index in [1.165, 1.54) is 5.56 Å². The molecular weight excluding hydrogens is 578 g/mol. The van der Waals surface area contributed by atoms with Crippen molar-refractivity contribution >= 4 is 21.8 Å². The maximum absolute atomic E-state index is 15.2. The van der Waals surface area contributed by atoms with Crippen molar-refractivity contribution in [1.82, 2.24) is 19.3 Å². The molecule has 7 rings (SSSR count). The van der Waals surface area contributed by atoms with Gasteiger partial charge >= 0.3 is 0 Å². The Morgan fingerprint density at radius 3 is 2.41 bits per heavy atom. The van der Waals surface area contributed by atoms with Gasteiger partial charge in [0.1, 0.15) is 29.3 Å². The second-order valence-electron chi connectivity index (χ2n) is 13.5. The Hall–Kier alpha value is -4.78. The molecular formula is C39H38F2N4O. The largest absolute Gasteiger partial charge is 0.457 e. The number of nitrogens with zero attached hydrogens (tertiary/aromatic N) is 4. The molecule has 7 heteroatoms. The third-order valence-corrected chi connectivity index (χ3v) is 9.14. The number of benzene rings is 3. The van der Waals surface area contributed by atoms with E-state index in [9.17, 15) is 0 Å². The average Bonchev–Trinajstić information content (AvgIpc) is 3.49. The molecule has 5 nitrogen and oxygen atoms in total. The van der Waals surface area contributed by atoms with Crippen LogP contribution in [0.15, 0.2) is 97.0 Å². The Labute approximate surface area is 268 Å². The number of fused-ring (bicyclic) bond motifs is 3. The first-order valence-corrected chi connectivity index (χ1v) is 15.9. The van der Waals surface area contributed by atoms with Crippen molar-refractivity contribution in [3.63, 3.8) is 0 Å². The van der Waals surface area contributed by atoms with Gasteiger partial charge in [0.15, 0.2) is 0 Å². The molecule has 0 saturated heterocycles. The zero-order chi connectivity index (χ0) is 32.3. The fourth-order valence-corrected chi connectivity index (χ4v) is 6.87. The quantitative estimate of drug-likeness (QED) is 0.194. The van der Waals surface area contributed by atoms with Crippen LogP contribution >= 0.6 is 0 Å². The molecule has 0 saturated carbocycles. The summed E-state index contributed by atoms with van der Waals surface area (Å²) in [6.45, 7) is 12.1. The van der Waals surface area contributed by atoms with Crippen LogP contribution in [0.25, 0.3) is 33.3 Å². The second kappa shape index (κ2) is 11.2. The molecule has 3 aromatic carbocycles. The summed E-state index contributed by atoms with van der Waals surface area (Å²) >= 11 is 0. The molecule has 46 heavy (non-hydrogen) atoms. The Kier molecular flexibility index (Phi) is 7.30. The van der Waals surface area contributed by atoms with E-state index in [0.717, 1.165) is 39.0 Å². The smallest absolute Gasteiger partial charge is 0.137 e. The van der Waals surface area contributed by atoms with Gasteiger partial charge in [-0.3, -0.25) is 4.57 Å². The standard InChI is InChI=1S/C39H38F2N4O/c1-23-18-32(40)38(33(41)19-23)37-24(2)43-45(25(37)3)27-10-9-11-28(21-27)46-29-14-15-31-30-12-7-8-13-34(30)44(35(31)22-29)36-20-26(16-17-42-36)39(4,5)6/h7-18,20-23,33,38H,19H2,1-6H3/t23-,33-,38?/m0/s1. The zero-order valence-electron chi connectivity index (χ0n) is 27.1. The Bertz CT molecular complexity index is 2130. The molecule has 0 bridgehead atoms. The van der Waals surface area contributed by atoms with E-state index in [4.69, 9.17) is 14.8 Å². The topological polar surface area (TPSA) is 44.9 Å². The number of pyridine rings is 1. The minimum Gasteiger partial charge on any atom is -0.457 e. The first-order valence-electron chi connectivity index (χ1n) is 15.9. The Morgan fingerprint density at radius 1 is 0.870 bits per heavy atom. The number of hydrogen-bond acceptors (Lipinski definition) is 3. The van der Waals surface area contributed by atoms with Gasteiger partial charge < -0.3 is 4.74 Å². The van der Waals surface area contributed by atoms with Crippen molar-refractivity contribution < 1.29 is 13.5 Å². The van der Waals surface area contributed by atoms with Gasteiger partial charge in [-0.05, 0) is 85.7 Å². The highest BCUT2D eigenvalue weighted by Gasteiger charge is 2.36. The lowest BCUT2D eigenvalue weighted by molar-refractivity contribution is 0.227. The maximum atomic E-state index is 15.2. The SMILES string of the molecule is Cc1nn(-c2cccc(Oc3ccc4c5ccccc5n(-c5cc(C(C)(C)C)ccn5)c4c3)c2)c(C)c1C1C(F)=C[C@H](C)C[C@@H]1F. The maximum Gasteiger partial charge on any atom is 0.137 e. The fourth-order valence-electron chi connectivity index (χ4n) is 6.87. The molecule has 6 aromatic rings. The number of aromatic nitrogens is 4. The van der Waals surface area contributed by atoms with Gasteiger partial charge in [-0.2, -0.15) is 5.10 Å². The summed E-state index contributed by atoms with van der Waals surface area (Å²) in [5.41, 5.74) is 5.97. The van der Waals surface area contributed by atoms with Crippen LogP contribution in [0.4, 0.5) is 8.78 Å². The van der Waals surface area contributed by atoms with Crippen LogP contribution in [0.2, 0.25) is 0 Å². The van der Waals surface area contributed by atoms with Crippen molar-refractivity contribution in [2.75, 3.05) is 0 Å². The van der Waals surface area contributed by atoms with Gasteiger partial charge in [0.25, 0.3) is 0 Å². The Balaban J connectivity index is 1.27. The highest BCUT2D eigenvalue weighted by molar-refractivity contribution is 6.09. The molecule has 0 radical (unpaired) electrons. The summed E-state index contributed by atoms with van der Waals surface area (Å²) in [5.74, 6) is 0.693. The normalized spacial score (nSPS) is 18.7. The third kappa shape index (κ3) is 5.17. The number of halogens is 2. The fraction of sp³-hybridized carbons (Fsp3) is 0.282. The van der Waals surface area contributed by atoms with Crippen LogP contribution in [0.1, 0.15) is 62.5 Å². The molecule has 3 aromatic heterocycles. The molecule has 0 aliphatic heterocycles. The molecule has 1 unspecified atom stereocenters. The predicted octanol–water partition coefficient (Wildman–Crippen LogP) is 10.4. The molecule has 0 N–H and O–H groups in total. The number of aryl methyl sites for hydroxylation is 1. The van der Waals surface area contributed by atoms with Crippen molar-refractivity contribution in [2.45, 2.75) is 65.5 Å². The van der Waals surface area contributed by atoms with Gasteiger partial charge in [-0.25, -0.2) is 18.4 Å². The van der Waals surface area contributed by atoms with Gasteiger partial charge in [0, 0.05) is 40.4 Å². The van der Waals surface area contributed by atoms with E-state index >= 15 is 8.78 Å². The number of para-hydroxylation sites is 1. The van der Waals surface area contributed by atoms with Gasteiger partial charge in [0.05, 0.1) is 28.3 Å². The summed E-state index contributed by atoms with van der Waals surface area (Å²) in [6, 6.07) is 26.3. The lowest BCUT2D eigenvalue weighted by Gasteiger charge is -2.27. The summed E-state index contributed by atoms with van der Waals surface area (Å²) < 4.78 is 40.6. The van der Waals surface area contributed by atoms with Crippen molar-refractivity contribution in [3.05, 3.63) is 119 Å². The predicted molar refractivity (Wildman–Crippen MR) is 181 cm³/mol. The van der Waals surface area contributed by atoms with Crippen LogP contribution < -0.4 is 4.74 Å². The first-order chi connectivity index (χ1) is 22.0. The van der Waals surface area contributed by atoms with Crippen LogP contribution in [-0.2, 0) is 5.41 Å². The first kappa shape index (κ1) is 29.9. The molecule has 3 atom stereocenters. The average molecular weight is 617 g/mol. The lowest BCUT2D eigenvalue weighted by atomic mass is 9.82. The molecule has 0 fully saturated rings. The number of rotatable bonds is 5.